The lowest BCUT2D eigenvalue weighted by molar-refractivity contribution is 0.0922. The third kappa shape index (κ3) is 4.54. The Morgan fingerprint density at radius 3 is 2.65 bits per heavy atom. The molecule has 0 aliphatic heterocycles. The number of nitrogens with zero attached hydrogens (tertiary/aromatic N) is 2. The quantitative estimate of drug-likeness (QED) is 0.765. The summed E-state index contributed by atoms with van der Waals surface area (Å²) in [6.07, 6.45) is 5.39. The van der Waals surface area contributed by atoms with Gasteiger partial charge in [-0.05, 0) is 19.8 Å². The Bertz CT molecular complexity index is 348. The standard InChI is InChI=1S/C12H22N4O/c1-4-6-8-10(7-5-2)14-12(17)11-13-9(3)15-16-11/h10H,4-8H2,1-3H3,(H,14,17)(H,13,15,16). The summed E-state index contributed by atoms with van der Waals surface area (Å²) in [5.74, 6) is 0.722. The molecule has 0 saturated heterocycles. The zero-order valence-electron chi connectivity index (χ0n) is 10.9. The number of aromatic amines is 1. The number of rotatable bonds is 7. The van der Waals surface area contributed by atoms with Gasteiger partial charge in [0.25, 0.3) is 5.91 Å². The van der Waals surface area contributed by atoms with E-state index in [0.29, 0.717) is 5.82 Å². The molecule has 2 N–H and O–H groups in total. The van der Waals surface area contributed by atoms with E-state index in [1.165, 1.54) is 0 Å². The van der Waals surface area contributed by atoms with Crippen molar-refractivity contribution < 1.29 is 4.79 Å². The van der Waals surface area contributed by atoms with Crippen LogP contribution in [-0.4, -0.2) is 27.1 Å². The molecular formula is C12H22N4O. The summed E-state index contributed by atoms with van der Waals surface area (Å²) in [6.45, 7) is 6.07. The Balaban J connectivity index is 2.51. The molecule has 0 aliphatic rings. The molecule has 0 fully saturated rings. The van der Waals surface area contributed by atoms with E-state index in [1.807, 2.05) is 0 Å². The normalized spacial score (nSPS) is 12.4. The lowest BCUT2D eigenvalue weighted by Gasteiger charge is -2.16. The molecule has 1 atom stereocenters. The number of aromatic nitrogens is 3. The summed E-state index contributed by atoms with van der Waals surface area (Å²) >= 11 is 0. The highest BCUT2D eigenvalue weighted by Gasteiger charge is 2.15. The topological polar surface area (TPSA) is 70.7 Å². The summed E-state index contributed by atoms with van der Waals surface area (Å²) in [7, 11) is 0. The van der Waals surface area contributed by atoms with Crippen molar-refractivity contribution in [1.82, 2.24) is 20.5 Å². The van der Waals surface area contributed by atoms with E-state index in [9.17, 15) is 4.79 Å². The monoisotopic (exact) mass is 238 g/mol. The number of aryl methyl sites for hydroxylation is 1. The molecule has 1 aromatic heterocycles. The Kier molecular flexibility index (Phi) is 5.66. The van der Waals surface area contributed by atoms with Gasteiger partial charge in [-0.2, -0.15) is 0 Å². The Morgan fingerprint density at radius 1 is 1.35 bits per heavy atom. The van der Waals surface area contributed by atoms with Crippen LogP contribution in [0.2, 0.25) is 0 Å². The SMILES string of the molecule is CCCCC(CCC)NC(=O)c1n[nH]c(C)n1. The lowest BCUT2D eigenvalue weighted by atomic mass is 10.1. The first-order chi connectivity index (χ1) is 8.17. The van der Waals surface area contributed by atoms with Crippen LogP contribution in [0.3, 0.4) is 0 Å². The zero-order valence-corrected chi connectivity index (χ0v) is 10.9. The van der Waals surface area contributed by atoms with Gasteiger partial charge in [0.2, 0.25) is 5.82 Å². The first-order valence-corrected chi connectivity index (χ1v) is 6.37. The molecule has 1 heterocycles. The van der Waals surface area contributed by atoms with Crippen molar-refractivity contribution in [3.8, 4) is 0 Å². The molecule has 5 nitrogen and oxygen atoms in total. The van der Waals surface area contributed by atoms with Gasteiger partial charge in [-0.1, -0.05) is 33.1 Å². The van der Waals surface area contributed by atoms with E-state index >= 15 is 0 Å². The van der Waals surface area contributed by atoms with Crippen LogP contribution in [0.4, 0.5) is 0 Å². The lowest BCUT2D eigenvalue weighted by Crippen LogP contribution is -2.35. The maximum absolute atomic E-state index is 11.9. The van der Waals surface area contributed by atoms with Crippen LogP contribution in [0.15, 0.2) is 0 Å². The van der Waals surface area contributed by atoms with Crippen molar-refractivity contribution in [2.45, 2.75) is 58.9 Å². The number of H-pyrrole nitrogens is 1. The van der Waals surface area contributed by atoms with E-state index in [2.05, 4.69) is 34.3 Å². The van der Waals surface area contributed by atoms with Crippen LogP contribution in [-0.2, 0) is 0 Å². The maximum Gasteiger partial charge on any atom is 0.291 e. The number of amides is 1. The summed E-state index contributed by atoms with van der Waals surface area (Å²) in [5, 5.41) is 9.54. The number of carbonyl (C=O) groups excluding carboxylic acids is 1. The molecule has 0 spiro atoms. The van der Waals surface area contributed by atoms with Gasteiger partial charge in [0, 0.05) is 6.04 Å². The van der Waals surface area contributed by atoms with Crippen LogP contribution in [0.5, 0.6) is 0 Å². The Morgan fingerprint density at radius 2 is 2.12 bits per heavy atom. The van der Waals surface area contributed by atoms with Crippen LogP contribution in [0, 0.1) is 6.92 Å². The molecule has 1 aromatic rings. The van der Waals surface area contributed by atoms with Crippen LogP contribution in [0.25, 0.3) is 0 Å². The minimum atomic E-state index is -0.177. The zero-order chi connectivity index (χ0) is 12.7. The Hall–Kier alpha value is -1.39. The third-order valence-corrected chi connectivity index (χ3v) is 2.68. The molecule has 17 heavy (non-hydrogen) atoms. The molecular weight excluding hydrogens is 216 g/mol. The number of hydrogen-bond donors (Lipinski definition) is 2. The van der Waals surface area contributed by atoms with Crippen LogP contribution >= 0.6 is 0 Å². The van der Waals surface area contributed by atoms with Gasteiger partial charge in [0.05, 0.1) is 0 Å². The predicted octanol–water partition coefficient (Wildman–Crippen LogP) is 2.20. The fourth-order valence-corrected chi connectivity index (χ4v) is 1.78. The van der Waals surface area contributed by atoms with Crippen molar-refractivity contribution in [2.24, 2.45) is 0 Å². The van der Waals surface area contributed by atoms with Gasteiger partial charge in [-0.15, -0.1) is 5.10 Å². The van der Waals surface area contributed by atoms with Crippen molar-refractivity contribution in [2.75, 3.05) is 0 Å². The average Bonchev–Trinajstić information content (AvgIpc) is 2.73. The number of unbranched alkanes of at least 4 members (excludes halogenated alkanes) is 1. The molecule has 5 heteroatoms. The fraction of sp³-hybridized carbons (Fsp3) is 0.750. The van der Waals surface area contributed by atoms with Crippen LogP contribution in [0.1, 0.15) is 62.4 Å². The third-order valence-electron chi connectivity index (χ3n) is 2.68. The van der Waals surface area contributed by atoms with E-state index in [1.54, 1.807) is 6.92 Å². The maximum atomic E-state index is 11.9. The second-order valence-electron chi connectivity index (χ2n) is 4.35. The van der Waals surface area contributed by atoms with Gasteiger partial charge in [0.15, 0.2) is 0 Å². The second kappa shape index (κ2) is 7.04. The van der Waals surface area contributed by atoms with Crippen molar-refractivity contribution >= 4 is 5.91 Å². The van der Waals surface area contributed by atoms with E-state index in [0.717, 1.165) is 32.1 Å². The average molecular weight is 238 g/mol. The molecule has 96 valence electrons. The highest BCUT2D eigenvalue weighted by Crippen LogP contribution is 2.07. The summed E-state index contributed by atoms with van der Waals surface area (Å²) < 4.78 is 0. The van der Waals surface area contributed by atoms with Crippen molar-refractivity contribution in [3.63, 3.8) is 0 Å². The first-order valence-electron chi connectivity index (χ1n) is 6.37. The number of nitrogens with one attached hydrogen (secondary N) is 2. The minimum absolute atomic E-state index is 0.177. The first kappa shape index (κ1) is 13.7. The summed E-state index contributed by atoms with van der Waals surface area (Å²) in [4.78, 5) is 15.9. The van der Waals surface area contributed by atoms with E-state index < -0.39 is 0 Å². The molecule has 0 radical (unpaired) electrons. The molecule has 1 amide bonds. The Labute approximate surface area is 102 Å². The molecule has 0 bridgehead atoms. The largest absolute Gasteiger partial charge is 0.347 e. The van der Waals surface area contributed by atoms with E-state index in [-0.39, 0.29) is 17.8 Å². The molecule has 1 unspecified atom stereocenters. The summed E-state index contributed by atoms with van der Waals surface area (Å²) in [6, 6.07) is 0.242. The van der Waals surface area contributed by atoms with Crippen LogP contribution < -0.4 is 5.32 Å². The fourth-order valence-electron chi connectivity index (χ4n) is 1.78. The summed E-state index contributed by atoms with van der Waals surface area (Å²) in [5.41, 5.74) is 0. The highest BCUT2D eigenvalue weighted by atomic mass is 16.2. The molecule has 0 aliphatic carbocycles. The second-order valence-corrected chi connectivity index (χ2v) is 4.35. The van der Waals surface area contributed by atoms with Gasteiger partial charge >= 0.3 is 0 Å². The molecule has 0 aromatic carbocycles. The van der Waals surface area contributed by atoms with Gasteiger partial charge in [-0.3, -0.25) is 9.89 Å². The van der Waals surface area contributed by atoms with Crippen molar-refractivity contribution in [1.29, 1.82) is 0 Å². The number of hydrogen-bond acceptors (Lipinski definition) is 3. The van der Waals surface area contributed by atoms with Gasteiger partial charge in [-0.25, -0.2) is 4.98 Å². The minimum Gasteiger partial charge on any atom is -0.347 e. The number of carbonyl (C=O) groups is 1. The smallest absolute Gasteiger partial charge is 0.291 e. The van der Waals surface area contributed by atoms with E-state index in [4.69, 9.17) is 0 Å². The van der Waals surface area contributed by atoms with Gasteiger partial charge < -0.3 is 5.32 Å². The highest BCUT2D eigenvalue weighted by molar-refractivity contribution is 5.90. The predicted molar refractivity (Wildman–Crippen MR) is 66.8 cm³/mol. The molecule has 1 rings (SSSR count). The van der Waals surface area contributed by atoms with Crippen molar-refractivity contribution in [3.05, 3.63) is 11.6 Å². The van der Waals surface area contributed by atoms with Gasteiger partial charge in [0.1, 0.15) is 5.82 Å². The molecule has 0 saturated carbocycles.